The Kier molecular flexibility index (Phi) is 6.87. The predicted octanol–water partition coefficient (Wildman–Crippen LogP) is 2.36. The van der Waals surface area contributed by atoms with E-state index in [1.54, 1.807) is 29.1 Å². The lowest BCUT2D eigenvalue weighted by Crippen LogP contribution is -2.49. The summed E-state index contributed by atoms with van der Waals surface area (Å²) in [6.45, 7) is 0.786. The topological polar surface area (TPSA) is 158 Å². The van der Waals surface area contributed by atoms with Crippen molar-refractivity contribution in [2.75, 3.05) is 25.6 Å². The van der Waals surface area contributed by atoms with Gasteiger partial charge < -0.3 is 29.6 Å². The normalized spacial score (nSPS) is 17.2. The summed E-state index contributed by atoms with van der Waals surface area (Å²) in [5.41, 5.74) is 2.61. The molecule has 4 heterocycles. The van der Waals surface area contributed by atoms with Crippen LogP contribution >= 0.6 is 22.7 Å². The first-order chi connectivity index (χ1) is 17.9. The predicted molar refractivity (Wildman–Crippen MR) is 129 cm³/mol. The molecule has 2 aromatic heterocycles. The van der Waals surface area contributed by atoms with Crippen LogP contribution in [0.25, 0.3) is 0 Å². The highest BCUT2D eigenvalue weighted by atomic mass is 32.1. The maximum atomic E-state index is 13.5. The van der Waals surface area contributed by atoms with Crippen molar-refractivity contribution in [3.8, 4) is 17.4 Å². The summed E-state index contributed by atoms with van der Waals surface area (Å²) in [6, 6.07) is 1.98. The number of nitrogens with one attached hydrogen (secondary N) is 2. The second-order valence-electron chi connectivity index (χ2n) is 7.73. The summed E-state index contributed by atoms with van der Waals surface area (Å²) in [4.78, 5) is 60.2. The van der Waals surface area contributed by atoms with Crippen LogP contribution in [0.2, 0.25) is 0 Å². The zero-order valence-corrected chi connectivity index (χ0v) is 20.8. The number of benzene rings is 1. The maximum Gasteiger partial charge on any atom is 0.514 e. The molecule has 0 spiro atoms. The molecule has 0 bridgehead atoms. The molecule has 2 N–H and O–H groups in total. The molecule has 0 aliphatic carbocycles. The minimum Gasteiger partial charge on any atom is -0.486 e. The highest BCUT2D eigenvalue weighted by molar-refractivity contribution is 7.14. The summed E-state index contributed by atoms with van der Waals surface area (Å²) >= 11 is 2.31. The summed E-state index contributed by atoms with van der Waals surface area (Å²) in [6.07, 6.45) is -0.978. The van der Waals surface area contributed by atoms with E-state index in [9.17, 15) is 19.2 Å². The first-order valence-corrected chi connectivity index (χ1v) is 12.7. The van der Waals surface area contributed by atoms with Crippen molar-refractivity contribution in [3.05, 3.63) is 45.7 Å². The molecule has 15 heteroatoms. The number of carbonyl (C=O) groups is 4. The van der Waals surface area contributed by atoms with E-state index in [-0.39, 0.29) is 17.4 Å². The molecule has 5 rings (SSSR count). The van der Waals surface area contributed by atoms with Gasteiger partial charge in [-0.1, -0.05) is 6.07 Å². The SMILES string of the molecule is COC(=O)Oc1csc(NC(=O)[C@H](Cc2cscn2)N2C(=O)NC(c3ccc4c(c3)OCCO4)C2=O)n1. The fourth-order valence-corrected chi connectivity index (χ4v) is 4.96. The number of aromatic nitrogens is 2. The Bertz CT molecular complexity index is 1340. The Morgan fingerprint density at radius 3 is 2.81 bits per heavy atom. The number of nitrogens with zero attached hydrogens (tertiary/aromatic N) is 3. The Morgan fingerprint density at radius 2 is 2.05 bits per heavy atom. The van der Waals surface area contributed by atoms with Gasteiger partial charge in [-0.15, -0.1) is 22.7 Å². The number of hydrogen-bond donors (Lipinski definition) is 2. The molecule has 1 fully saturated rings. The minimum atomic E-state index is -1.23. The Morgan fingerprint density at radius 1 is 1.24 bits per heavy atom. The molecule has 1 unspecified atom stereocenters. The summed E-state index contributed by atoms with van der Waals surface area (Å²) < 4.78 is 20.4. The van der Waals surface area contributed by atoms with Crippen molar-refractivity contribution >= 4 is 51.8 Å². The molecule has 0 radical (unpaired) electrons. The van der Waals surface area contributed by atoms with Crippen molar-refractivity contribution in [2.24, 2.45) is 0 Å². The van der Waals surface area contributed by atoms with Crippen LogP contribution < -0.4 is 24.8 Å². The van der Waals surface area contributed by atoms with Gasteiger partial charge in [0.05, 0.1) is 23.7 Å². The van der Waals surface area contributed by atoms with Gasteiger partial charge in [-0.3, -0.25) is 9.59 Å². The van der Waals surface area contributed by atoms with E-state index in [4.69, 9.17) is 14.2 Å². The summed E-state index contributed by atoms with van der Waals surface area (Å²) in [5, 5.41) is 8.45. The average Bonchev–Trinajstić information content (AvgIpc) is 3.64. The summed E-state index contributed by atoms with van der Waals surface area (Å²) in [7, 11) is 1.15. The second-order valence-corrected chi connectivity index (χ2v) is 9.31. The van der Waals surface area contributed by atoms with E-state index in [2.05, 4.69) is 25.3 Å². The quantitative estimate of drug-likeness (QED) is 0.333. The molecule has 37 heavy (non-hydrogen) atoms. The number of fused-ring (bicyclic) bond motifs is 1. The van der Waals surface area contributed by atoms with E-state index in [0.29, 0.717) is 36.0 Å². The number of hydrogen-bond acceptors (Lipinski definition) is 12. The minimum absolute atomic E-state index is 0.0146. The first kappa shape index (κ1) is 24.5. The van der Waals surface area contributed by atoms with Crippen molar-refractivity contribution in [3.63, 3.8) is 0 Å². The van der Waals surface area contributed by atoms with Gasteiger partial charge in [-0.05, 0) is 17.7 Å². The fourth-order valence-electron chi connectivity index (χ4n) is 3.77. The van der Waals surface area contributed by atoms with E-state index < -0.39 is 36.1 Å². The zero-order chi connectivity index (χ0) is 25.9. The van der Waals surface area contributed by atoms with Gasteiger partial charge in [0.2, 0.25) is 11.8 Å². The van der Waals surface area contributed by atoms with Gasteiger partial charge in [-0.2, -0.15) is 4.98 Å². The van der Waals surface area contributed by atoms with Gasteiger partial charge in [0.15, 0.2) is 16.6 Å². The van der Waals surface area contributed by atoms with Crippen molar-refractivity contribution in [2.45, 2.75) is 18.5 Å². The first-order valence-electron chi connectivity index (χ1n) is 10.9. The van der Waals surface area contributed by atoms with Crippen LogP contribution in [0.1, 0.15) is 17.3 Å². The molecule has 1 aromatic carbocycles. The number of urea groups is 1. The molecule has 2 aliphatic heterocycles. The van der Waals surface area contributed by atoms with E-state index >= 15 is 0 Å². The average molecular weight is 546 g/mol. The lowest BCUT2D eigenvalue weighted by molar-refractivity contribution is -0.134. The van der Waals surface area contributed by atoms with Crippen LogP contribution in [0.3, 0.4) is 0 Å². The van der Waals surface area contributed by atoms with E-state index in [1.165, 1.54) is 16.7 Å². The van der Waals surface area contributed by atoms with Crippen molar-refractivity contribution in [1.29, 1.82) is 0 Å². The van der Waals surface area contributed by atoms with Gasteiger partial charge in [0.25, 0.3) is 5.91 Å². The van der Waals surface area contributed by atoms with E-state index in [1.807, 2.05) is 0 Å². The molecular formula is C22H19N5O8S2. The van der Waals surface area contributed by atoms with Crippen molar-refractivity contribution in [1.82, 2.24) is 20.2 Å². The van der Waals surface area contributed by atoms with Crippen LogP contribution in [0.5, 0.6) is 17.4 Å². The molecule has 3 aromatic rings. The number of rotatable bonds is 7. The fraction of sp³-hybridized carbons (Fsp3) is 0.273. The number of carbonyl (C=O) groups excluding carboxylic acids is 4. The molecule has 13 nitrogen and oxygen atoms in total. The molecule has 2 atom stereocenters. The van der Waals surface area contributed by atoms with Gasteiger partial charge in [-0.25, -0.2) is 19.5 Å². The van der Waals surface area contributed by atoms with Gasteiger partial charge in [0.1, 0.15) is 25.3 Å². The number of anilines is 1. The third kappa shape index (κ3) is 5.17. The Labute approximate surface area is 217 Å². The van der Waals surface area contributed by atoms with Crippen molar-refractivity contribution < 1.29 is 38.1 Å². The Hall–Kier alpha value is -4.24. The van der Waals surface area contributed by atoms with Crippen LogP contribution in [0.15, 0.2) is 34.5 Å². The van der Waals surface area contributed by atoms with Crippen LogP contribution in [0.4, 0.5) is 14.7 Å². The number of thiazole rings is 2. The number of amides is 4. The highest BCUT2D eigenvalue weighted by Gasteiger charge is 2.46. The standard InChI is InChI=1S/C22H19N5O8S2/c1-32-22(31)35-16-9-37-20(24-16)26-18(28)13(7-12-8-36-10-23-12)27-19(29)17(25-21(27)30)11-2-3-14-15(6-11)34-5-4-33-14/h2-3,6,8-10,13,17H,4-5,7H2,1H3,(H,25,30)(H,24,26,28)/t13-,17?/m0/s1. The lowest BCUT2D eigenvalue weighted by Gasteiger charge is -2.24. The third-order valence-electron chi connectivity index (χ3n) is 5.44. The second kappa shape index (κ2) is 10.4. The largest absolute Gasteiger partial charge is 0.514 e. The zero-order valence-electron chi connectivity index (χ0n) is 19.2. The number of methoxy groups -OCH3 is 1. The molecular weight excluding hydrogens is 526 g/mol. The molecule has 0 saturated carbocycles. The summed E-state index contributed by atoms with van der Waals surface area (Å²) in [5.74, 6) is -0.334. The Balaban J connectivity index is 1.38. The number of imide groups is 1. The highest BCUT2D eigenvalue weighted by Crippen LogP contribution is 2.35. The third-order valence-corrected chi connectivity index (χ3v) is 6.81. The molecule has 2 aliphatic rings. The van der Waals surface area contributed by atoms with E-state index in [0.717, 1.165) is 23.3 Å². The smallest absolute Gasteiger partial charge is 0.486 e. The lowest BCUT2D eigenvalue weighted by atomic mass is 10.0. The molecule has 1 saturated heterocycles. The number of ether oxygens (including phenoxy) is 4. The van der Waals surface area contributed by atoms with Crippen LogP contribution in [-0.4, -0.2) is 65.2 Å². The molecule has 192 valence electrons. The monoisotopic (exact) mass is 545 g/mol. The maximum absolute atomic E-state index is 13.5. The van der Waals surface area contributed by atoms with Crippen LogP contribution in [0, 0.1) is 0 Å². The van der Waals surface area contributed by atoms with Gasteiger partial charge >= 0.3 is 12.2 Å². The van der Waals surface area contributed by atoms with Gasteiger partial charge in [0, 0.05) is 11.8 Å². The van der Waals surface area contributed by atoms with Crippen LogP contribution in [-0.2, 0) is 20.7 Å². The molecule has 4 amide bonds.